The number of hydrogen-bond donors (Lipinski definition) is 0. The Labute approximate surface area is 127 Å². The van der Waals surface area contributed by atoms with Gasteiger partial charge in [-0.05, 0) is 5.75 Å². The Hall–Kier alpha value is 0.360. The van der Waals surface area contributed by atoms with Crippen LogP contribution in [0.5, 0.6) is 0 Å². The fraction of sp³-hybridized carbons (Fsp3) is 0.818. The van der Waals surface area contributed by atoms with Crippen LogP contribution in [-0.4, -0.2) is 33.7 Å². The highest BCUT2D eigenvalue weighted by molar-refractivity contribution is 7.99. The number of carbonyl (C=O) groups excluding carboxylic acids is 2. The molecular formula is C11H17Cl3O3S. The van der Waals surface area contributed by atoms with E-state index >= 15 is 0 Å². The maximum absolute atomic E-state index is 11.5. The topological polar surface area (TPSA) is 43.4 Å². The van der Waals surface area contributed by atoms with Crippen LogP contribution in [0, 0.1) is 5.92 Å². The van der Waals surface area contributed by atoms with Gasteiger partial charge in [-0.1, -0.05) is 48.7 Å². The van der Waals surface area contributed by atoms with Crippen LogP contribution in [0.4, 0.5) is 0 Å². The molecule has 106 valence electrons. The SMILES string of the molecule is CCSCCOC(=O)CC(=O)CC(C)C(Cl)(Cl)Cl. The molecule has 0 heterocycles. The normalized spacial score (nSPS) is 13.2. The third kappa shape index (κ3) is 9.31. The first kappa shape index (κ1) is 18.4. The Morgan fingerprint density at radius 2 is 1.94 bits per heavy atom. The Kier molecular flexibility index (Phi) is 9.48. The van der Waals surface area contributed by atoms with Crippen molar-refractivity contribution in [1.29, 1.82) is 0 Å². The highest BCUT2D eigenvalue weighted by Crippen LogP contribution is 2.36. The minimum atomic E-state index is -1.49. The molecule has 0 aromatic heterocycles. The predicted octanol–water partition coefficient (Wildman–Crippen LogP) is 3.64. The summed E-state index contributed by atoms with van der Waals surface area (Å²) >= 11 is 18.6. The van der Waals surface area contributed by atoms with Crippen molar-refractivity contribution in [2.24, 2.45) is 5.92 Å². The van der Waals surface area contributed by atoms with Crippen LogP contribution in [0.15, 0.2) is 0 Å². The van der Waals surface area contributed by atoms with Gasteiger partial charge in [0.25, 0.3) is 0 Å². The molecule has 18 heavy (non-hydrogen) atoms. The number of halogens is 3. The molecule has 1 atom stereocenters. The van der Waals surface area contributed by atoms with Crippen molar-refractivity contribution in [3.05, 3.63) is 0 Å². The summed E-state index contributed by atoms with van der Waals surface area (Å²) in [5.74, 6) is 0.478. The molecule has 0 aromatic rings. The summed E-state index contributed by atoms with van der Waals surface area (Å²) in [6.45, 7) is 3.99. The van der Waals surface area contributed by atoms with Gasteiger partial charge in [-0.3, -0.25) is 9.59 Å². The van der Waals surface area contributed by atoms with Crippen molar-refractivity contribution < 1.29 is 14.3 Å². The molecule has 0 aliphatic carbocycles. The lowest BCUT2D eigenvalue weighted by molar-refractivity contribution is -0.145. The first-order valence-electron chi connectivity index (χ1n) is 5.59. The Bertz CT molecular complexity index is 279. The average Bonchev–Trinajstić information content (AvgIpc) is 2.22. The number of esters is 1. The Balaban J connectivity index is 3.84. The predicted molar refractivity (Wildman–Crippen MR) is 77.7 cm³/mol. The smallest absolute Gasteiger partial charge is 0.313 e. The zero-order valence-electron chi connectivity index (χ0n) is 10.4. The Morgan fingerprint density at radius 3 is 2.44 bits per heavy atom. The van der Waals surface area contributed by atoms with Gasteiger partial charge in [-0.15, -0.1) is 0 Å². The van der Waals surface area contributed by atoms with Crippen LogP contribution in [0.3, 0.4) is 0 Å². The van der Waals surface area contributed by atoms with Crippen LogP contribution >= 0.6 is 46.6 Å². The molecule has 0 aliphatic rings. The molecule has 0 amide bonds. The van der Waals surface area contributed by atoms with E-state index in [1.165, 1.54) is 0 Å². The molecule has 0 aromatic carbocycles. The second-order valence-corrected chi connectivity index (χ2v) is 7.54. The molecule has 0 rings (SSSR count). The third-order valence-corrected chi connectivity index (χ3v) is 4.11. The number of ketones is 1. The largest absolute Gasteiger partial charge is 0.464 e. The summed E-state index contributed by atoms with van der Waals surface area (Å²) in [4.78, 5) is 22.8. The average molecular weight is 336 g/mol. The van der Waals surface area contributed by atoms with E-state index in [0.717, 1.165) is 11.5 Å². The van der Waals surface area contributed by atoms with E-state index in [9.17, 15) is 9.59 Å². The van der Waals surface area contributed by atoms with Crippen LogP contribution < -0.4 is 0 Å². The highest BCUT2D eigenvalue weighted by atomic mass is 35.6. The minimum Gasteiger partial charge on any atom is -0.464 e. The van der Waals surface area contributed by atoms with E-state index in [1.807, 2.05) is 6.92 Å². The molecule has 0 N–H and O–H groups in total. The molecule has 0 fully saturated rings. The molecule has 0 saturated heterocycles. The minimum absolute atomic E-state index is 0.0509. The van der Waals surface area contributed by atoms with E-state index < -0.39 is 15.7 Å². The van der Waals surface area contributed by atoms with Crippen molar-refractivity contribution in [2.75, 3.05) is 18.1 Å². The van der Waals surface area contributed by atoms with E-state index in [2.05, 4.69) is 0 Å². The van der Waals surface area contributed by atoms with Crippen molar-refractivity contribution in [1.82, 2.24) is 0 Å². The summed E-state index contributed by atoms with van der Waals surface area (Å²) in [5.41, 5.74) is 0. The third-order valence-electron chi connectivity index (χ3n) is 2.13. The number of hydrogen-bond acceptors (Lipinski definition) is 4. The quantitative estimate of drug-likeness (QED) is 0.294. The highest BCUT2D eigenvalue weighted by Gasteiger charge is 2.30. The van der Waals surface area contributed by atoms with Crippen molar-refractivity contribution >= 4 is 58.3 Å². The monoisotopic (exact) mass is 334 g/mol. The van der Waals surface area contributed by atoms with Crippen LogP contribution in [0.25, 0.3) is 0 Å². The summed E-state index contributed by atoms with van der Waals surface area (Å²) < 4.78 is 3.41. The number of rotatable bonds is 8. The molecular weight excluding hydrogens is 319 g/mol. The molecule has 1 unspecified atom stereocenters. The zero-order chi connectivity index (χ0) is 14.2. The molecule has 0 saturated carbocycles. The number of Topliss-reactive ketones (excluding diaryl/α,β-unsaturated/α-hetero) is 1. The lowest BCUT2D eigenvalue weighted by Gasteiger charge is -2.18. The maximum Gasteiger partial charge on any atom is 0.313 e. The number of alkyl halides is 3. The van der Waals surface area contributed by atoms with E-state index in [1.54, 1.807) is 18.7 Å². The fourth-order valence-electron chi connectivity index (χ4n) is 1.10. The van der Waals surface area contributed by atoms with E-state index in [0.29, 0.717) is 6.61 Å². The Morgan fingerprint density at radius 1 is 1.33 bits per heavy atom. The van der Waals surface area contributed by atoms with Crippen LogP contribution in [-0.2, 0) is 14.3 Å². The lowest BCUT2D eigenvalue weighted by Crippen LogP contribution is -2.21. The number of ether oxygens (including phenoxy) is 1. The van der Waals surface area contributed by atoms with Crippen molar-refractivity contribution in [3.8, 4) is 0 Å². The van der Waals surface area contributed by atoms with Gasteiger partial charge in [0.15, 0.2) is 3.79 Å². The molecule has 7 heteroatoms. The second kappa shape index (κ2) is 9.29. The van der Waals surface area contributed by atoms with Crippen molar-refractivity contribution in [2.45, 2.75) is 30.5 Å². The van der Waals surface area contributed by atoms with Crippen molar-refractivity contribution in [3.63, 3.8) is 0 Å². The van der Waals surface area contributed by atoms with E-state index in [-0.39, 0.29) is 18.6 Å². The summed E-state index contributed by atoms with van der Waals surface area (Å²) in [5, 5.41) is 0. The van der Waals surface area contributed by atoms with Crippen LogP contribution in [0.1, 0.15) is 26.7 Å². The molecule has 0 spiro atoms. The van der Waals surface area contributed by atoms with Gasteiger partial charge in [0.2, 0.25) is 0 Å². The van der Waals surface area contributed by atoms with Crippen LogP contribution in [0.2, 0.25) is 0 Å². The first-order chi connectivity index (χ1) is 8.27. The van der Waals surface area contributed by atoms with Gasteiger partial charge in [0.1, 0.15) is 18.8 Å². The fourth-order valence-corrected chi connectivity index (χ4v) is 1.82. The molecule has 0 bridgehead atoms. The second-order valence-electron chi connectivity index (χ2n) is 3.78. The molecule has 0 radical (unpaired) electrons. The molecule has 3 nitrogen and oxygen atoms in total. The van der Waals surface area contributed by atoms with Gasteiger partial charge < -0.3 is 4.74 Å². The molecule has 0 aliphatic heterocycles. The summed E-state index contributed by atoms with van der Waals surface area (Å²) in [6, 6.07) is 0. The standard InChI is InChI=1S/C11H17Cl3O3S/c1-3-18-5-4-17-10(16)7-9(15)6-8(2)11(12,13)14/h8H,3-7H2,1-2H3. The number of thioether (sulfide) groups is 1. The van der Waals surface area contributed by atoms with Gasteiger partial charge in [0, 0.05) is 18.1 Å². The van der Waals surface area contributed by atoms with E-state index in [4.69, 9.17) is 39.5 Å². The summed E-state index contributed by atoms with van der Waals surface area (Å²) in [6.07, 6.45) is -0.211. The number of carbonyl (C=O) groups is 2. The first-order valence-corrected chi connectivity index (χ1v) is 7.88. The maximum atomic E-state index is 11.5. The van der Waals surface area contributed by atoms with Gasteiger partial charge in [-0.25, -0.2) is 0 Å². The zero-order valence-corrected chi connectivity index (χ0v) is 13.5. The summed E-state index contributed by atoms with van der Waals surface area (Å²) in [7, 11) is 0. The van der Waals surface area contributed by atoms with Gasteiger partial charge >= 0.3 is 5.97 Å². The van der Waals surface area contributed by atoms with Gasteiger partial charge in [0.05, 0.1) is 0 Å². The lowest BCUT2D eigenvalue weighted by atomic mass is 10.0. The van der Waals surface area contributed by atoms with Gasteiger partial charge in [-0.2, -0.15) is 11.8 Å².